The van der Waals surface area contributed by atoms with Crippen LogP contribution in [-0.2, 0) is 0 Å². The van der Waals surface area contributed by atoms with Crippen molar-refractivity contribution in [3.8, 4) is 11.8 Å². The van der Waals surface area contributed by atoms with Crippen LogP contribution in [0.2, 0.25) is 0 Å². The van der Waals surface area contributed by atoms with Gasteiger partial charge in [0.15, 0.2) is 0 Å². The molecule has 0 fully saturated rings. The molecule has 0 aliphatic rings. The van der Waals surface area contributed by atoms with E-state index in [1.165, 1.54) is 25.3 Å². The van der Waals surface area contributed by atoms with Crippen LogP contribution < -0.4 is 0 Å². The van der Waals surface area contributed by atoms with Gasteiger partial charge in [0.25, 0.3) is 5.69 Å². The number of nitro benzene ring substituents is 1. The van der Waals surface area contributed by atoms with Gasteiger partial charge in [-0.05, 0) is 12.5 Å². The zero-order valence-electron chi connectivity index (χ0n) is 10.1. The Hall–Kier alpha value is -1.82. The Morgan fingerprint density at radius 3 is 2.71 bits per heavy atom. The molecule has 0 aliphatic heterocycles. The number of hydrogen-bond acceptors (Lipinski definition) is 2. The minimum absolute atomic E-state index is 0.0913. The standard InChI is InChI=1S/C14H17NO2/c1-2-3-4-5-6-7-10-13-11-8-9-12-14(13)15(16)17/h8-9,11-12H,2-6H2,1H3. The molecule has 0 bridgehead atoms. The smallest absolute Gasteiger partial charge is 0.258 e. The monoisotopic (exact) mass is 231 g/mol. The van der Waals surface area contributed by atoms with E-state index >= 15 is 0 Å². The van der Waals surface area contributed by atoms with E-state index in [1.54, 1.807) is 18.2 Å². The number of benzene rings is 1. The molecule has 0 aliphatic carbocycles. The van der Waals surface area contributed by atoms with Crippen LogP contribution in [-0.4, -0.2) is 4.92 Å². The fraction of sp³-hybridized carbons (Fsp3) is 0.429. The van der Waals surface area contributed by atoms with Crippen LogP contribution in [0.15, 0.2) is 24.3 Å². The molecular formula is C14H17NO2. The van der Waals surface area contributed by atoms with Gasteiger partial charge in [-0.3, -0.25) is 10.1 Å². The van der Waals surface area contributed by atoms with E-state index in [9.17, 15) is 10.1 Å². The molecule has 0 saturated heterocycles. The first-order valence-corrected chi connectivity index (χ1v) is 5.98. The summed E-state index contributed by atoms with van der Waals surface area (Å²) in [4.78, 5) is 10.3. The van der Waals surface area contributed by atoms with Gasteiger partial charge in [0.05, 0.1) is 4.92 Å². The summed E-state index contributed by atoms with van der Waals surface area (Å²) in [5.74, 6) is 5.88. The van der Waals surface area contributed by atoms with Crippen molar-refractivity contribution in [3.05, 3.63) is 39.9 Å². The summed E-state index contributed by atoms with van der Waals surface area (Å²) in [6.45, 7) is 2.17. The quantitative estimate of drug-likeness (QED) is 0.333. The molecule has 0 radical (unpaired) electrons. The van der Waals surface area contributed by atoms with Crippen molar-refractivity contribution in [1.29, 1.82) is 0 Å². The average molecular weight is 231 g/mol. The highest BCUT2D eigenvalue weighted by Gasteiger charge is 2.09. The molecule has 17 heavy (non-hydrogen) atoms. The van der Waals surface area contributed by atoms with Gasteiger partial charge in [-0.15, -0.1) is 0 Å². The molecule has 0 N–H and O–H groups in total. The minimum atomic E-state index is -0.388. The van der Waals surface area contributed by atoms with Crippen LogP contribution in [0.4, 0.5) is 5.69 Å². The molecule has 0 heterocycles. The maximum atomic E-state index is 10.7. The molecule has 3 heteroatoms. The first-order chi connectivity index (χ1) is 8.25. The second-order valence-electron chi connectivity index (χ2n) is 3.89. The van der Waals surface area contributed by atoms with Gasteiger partial charge in [-0.2, -0.15) is 0 Å². The van der Waals surface area contributed by atoms with E-state index in [1.807, 2.05) is 0 Å². The van der Waals surface area contributed by atoms with Crippen LogP contribution in [0.25, 0.3) is 0 Å². The molecule has 0 atom stereocenters. The van der Waals surface area contributed by atoms with Crippen LogP contribution in [0.5, 0.6) is 0 Å². The average Bonchev–Trinajstić information content (AvgIpc) is 2.34. The predicted molar refractivity (Wildman–Crippen MR) is 68.7 cm³/mol. The summed E-state index contributed by atoms with van der Waals surface area (Å²) in [5.41, 5.74) is 0.599. The Kier molecular flexibility index (Phi) is 5.81. The maximum Gasteiger partial charge on any atom is 0.284 e. The van der Waals surface area contributed by atoms with Gasteiger partial charge in [-0.25, -0.2) is 0 Å². The highest BCUT2D eigenvalue weighted by molar-refractivity contribution is 5.50. The zero-order valence-corrected chi connectivity index (χ0v) is 10.1. The summed E-state index contributed by atoms with van der Waals surface area (Å²) >= 11 is 0. The lowest BCUT2D eigenvalue weighted by molar-refractivity contribution is -0.385. The van der Waals surface area contributed by atoms with Crippen LogP contribution in [0.1, 0.15) is 44.6 Å². The molecule has 0 spiro atoms. The predicted octanol–water partition coefficient (Wildman–Crippen LogP) is 3.92. The molecule has 0 saturated carbocycles. The Morgan fingerprint density at radius 1 is 1.24 bits per heavy atom. The summed E-state index contributed by atoms with van der Waals surface area (Å²) in [6, 6.07) is 6.61. The molecule has 0 unspecified atom stereocenters. The van der Waals surface area contributed by atoms with E-state index < -0.39 is 0 Å². The molecule has 1 aromatic rings. The van der Waals surface area contributed by atoms with Gasteiger partial charge in [0.1, 0.15) is 5.56 Å². The third-order valence-corrected chi connectivity index (χ3v) is 2.48. The van der Waals surface area contributed by atoms with E-state index in [-0.39, 0.29) is 10.6 Å². The highest BCUT2D eigenvalue weighted by atomic mass is 16.6. The first-order valence-electron chi connectivity index (χ1n) is 5.98. The molecule has 90 valence electrons. The maximum absolute atomic E-state index is 10.7. The lowest BCUT2D eigenvalue weighted by Crippen LogP contribution is -1.91. The number of hydrogen-bond donors (Lipinski definition) is 0. The Balaban J connectivity index is 2.56. The van der Waals surface area contributed by atoms with Crippen LogP contribution in [0, 0.1) is 22.0 Å². The molecule has 0 amide bonds. The topological polar surface area (TPSA) is 43.1 Å². The normalized spacial score (nSPS) is 9.47. The Bertz CT molecular complexity index is 429. The van der Waals surface area contributed by atoms with Crippen molar-refractivity contribution < 1.29 is 4.92 Å². The molecule has 3 nitrogen and oxygen atoms in total. The zero-order chi connectivity index (χ0) is 12.5. The van der Waals surface area contributed by atoms with Gasteiger partial charge < -0.3 is 0 Å². The SMILES string of the molecule is CCCCCCC#Cc1ccccc1[N+](=O)[O-]. The van der Waals surface area contributed by atoms with Crippen molar-refractivity contribution in [3.63, 3.8) is 0 Å². The van der Waals surface area contributed by atoms with E-state index in [0.29, 0.717) is 5.56 Å². The third-order valence-electron chi connectivity index (χ3n) is 2.48. The van der Waals surface area contributed by atoms with Gasteiger partial charge in [-0.1, -0.05) is 50.2 Å². The lowest BCUT2D eigenvalue weighted by atomic mass is 10.1. The second-order valence-corrected chi connectivity index (χ2v) is 3.89. The number of para-hydroxylation sites is 1. The van der Waals surface area contributed by atoms with Gasteiger partial charge >= 0.3 is 0 Å². The second kappa shape index (κ2) is 7.45. The number of unbranched alkanes of at least 4 members (excludes halogenated alkanes) is 4. The van der Waals surface area contributed by atoms with Crippen LogP contribution in [0.3, 0.4) is 0 Å². The minimum Gasteiger partial charge on any atom is -0.258 e. The van der Waals surface area contributed by atoms with Gasteiger partial charge in [0.2, 0.25) is 0 Å². The fourth-order valence-electron chi connectivity index (χ4n) is 1.54. The first kappa shape index (κ1) is 13.2. The van der Waals surface area contributed by atoms with Gasteiger partial charge in [0, 0.05) is 12.5 Å². The molecule has 1 aromatic carbocycles. The van der Waals surface area contributed by atoms with Crippen molar-refractivity contribution in [1.82, 2.24) is 0 Å². The summed E-state index contributed by atoms with van der Waals surface area (Å²) in [7, 11) is 0. The van der Waals surface area contributed by atoms with Crippen molar-refractivity contribution in [2.24, 2.45) is 0 Å². The number of nitrogens with zero attached hydrogens (tertiary/aromatic N) is 1. The summed E-state index contributed by atoms with van der Waals surface area (Å²) < 4.78 is 0. The summed E-state index contributed by atoms with van der Waals surface area (Å²) in [5, 5.41) is 10.7. The van der Waals surface area contributed by atoms with E-state index in [4.69, 9.17) is 0 Å². The van der Waals surface area contributed by atoms with E-state index in [0.717, 1.165) is 12.8 Å². The Labute approximate surface area is 102 Å². The van der Waals surface area contributed by atoms with E-state index in [2.05, 4.69) is 18.8 Å². The number of rotatable bonds is 5. The van der Waals surface area contributed by atoms with Crippen molar-refractivity contribution in [2.45, 2.75) is 39.0 Å². The van der Waals surface area contributed by atoms with Crippen LogP contribution >= 0.6 is 0 Å². The fourth-order valence-corrected chi connectivity index (χ4v) is 1.54. The third kappa shape index (κ3) is 4.69. The molecule has 0 aromatic heterocycles. The number of nitro groups is 1. The largest absolute Gasteiger partial charge is 0.284 e. The van der Waals surface area contributed by atoms with Crippen molar-refractivity contribution >= 4 is 5.69 Å². The lowest BCUT2D eigenvalue weighted by Gasteiger charge is -1.94. The molecular weight excluding hydrogens is 214 g/mol. The van der Waals surface area contributed by atoms with Crippen molar-refractivity contribution in [2.75, 3.05) is 0 Å². The molecule has 1 rings (SSSR count). The highest BCUT2D eigenvalue weighted by Crippen LogP contribution is 2.16. The summed E-state index contributed by atoms with van der Waals surface area (Å²) in [6.07, 6.45) is 5.50. The Morgan fingerprint density at radius 2 is 2.00 bits per heavy atom.